The summed E-state index contributed by atoms with van der Waals surface area (Å²) in [6, 6.07) is 1.13. The van der Waals surface area contributed by atoms with Crippen molar-refractivity contribution in [2.24, 2.45) is 5.92 Å². The Kier molecular flexibility index (Phi) is 6.87. The van der Waals surface area contributed by atoms with E-state index in [9.17, 15) is 8.42 Å². The molecule has 21 heavy (non-hydrogen) atoms. The van der Waals surface area contributed by atoms with Crippen LogP contribution in [0.1, 0.15) is 20.3 Å². The summed E-state index contributed by atoms with van der Waals surface area (Å²) in [4.78, 5) is 5.74. The summed E-state index contributed by atoms with van der Waals surface area (Å²) in [6.45, 7) is 4.72. The number of pyridine rings is 1. The maximum Gasteiger partial charge on any atom is 0.242 e. The number of halogens is 2. The van der Waals surface area contributed by atoms with Crippen molar-refractivity contribution >= 4 is 33.2 Å². The predicted molar refractivity (Wildman–Crippen MR) is 86.4 cm³/mol. The van der Waals surface area contributed by atoms with Gasteiger partial charge in [-0.15, -0.1) is 0 Å². The molecule has 1 rings (SSSR count). The standard InChI is InChI=1S/C13H21Cl2N3O2S/c1-9(2)5-10(8-18(3)4)17-21(19,20)11-6-12(14)13(15)16-7-11/h6-7,9-10,17H,5,8H2,1-4H3. The maximum absolute atomic E-state index is 12.4. The Labute approximate surface area is 136 Å². The SMILES string of the molecule is CC(C)CC(CN(C)C)NS(=O)(=O)c1cnc(Cl)c(Cl)c1. The van der Waals surface area contributed by atoms with Gasteiger partial charge in [0.1, 0.15) is 10.0 Å². The van der Waals surface area contributed by atoms with Crippen LogP contribution in [0.25, 0.3) is 0 Å². The van der Waals surface area contributed by atoms with Crippen molar-refractivity contribution in [2.45, 2.75) is 31.2 Å². The molecule has 0 fully saturated rings. The molecule has 1 heterocycles. The van der Waals surface area contributed by atoms with Crippen LogP contribution >= 0.6 is 23.2 Å². The van der Waals surface area contributed by atoms with E-state index in [4.69, 9.17) is 23.2 Å². The number of nitrogens with one attached hydrogen (secondary N) is 1. The first kappa shape index (κ1) is 18.6. The predicted octanol–water partition coefficient (Wildman–Crippen LogP) is 2.64. The molecule has 0 saturated heterocycles. The maximum atomic E-state index is 12.4. The van der Waals surface area contributed by atoms with Gasteiger partial charge in [0.15, 0.2) is 0 Å². The molecular weight excluding hydrogens is 333 g/mol. The monoisotopic (exact) mass is 353 g/mol. The molecule has 0 aromatic carbocycles. The Bertz CT molecular complexity index is 567. The molecule has 0 aliphatic carbocycles. The molecule has 1 aromatic rings. The van der Waals surface area contributed by atoms with Crippen LogP contribution in [0.5, 0.6) is 0 Å². The second kappa shape index (κ2) is 7.74. The van der Waals surface area contributed by atoms with Crippen LogP contribution in [0, 0.1) is 5.92 Å². The van der Waals surface area contributed by atoms with E-state index in [-0.39, 0.29) is 21.1 Å². The first-order chi connectivity index (χ1) is 9.61. The highest BCUT2D eigenvalue weighted by atomic mass is 35.5. The molecule has 0 radical (unpaired) electrons. The third-order valence-corrected chi connectivity index (χ3v) is 4.92. The normalized spacial score (nSPS) is 13.9. The van der Waals surface area contributed by atoms with Crippen LogP contribution in [0.4, 0.5) is 0 Å². The Morgan fingerprint density at radius 2 is 1.95 bits per heavy atom. The van der Waals surface area contributed by atoms with Gasteiger partial charge in [-0.2, -0.15) is 0 Å². The number of hydrogen-bond acceptors (Lipinski definition) is 4. The molecule has 1 aromatic heterocycles. The van der Waals surface area contributed by atoms with Crippen molar-refractivity contribution in [1.82, 2.24) is 14.6 Å². The number of aromatic nitrogens is 1. The Morgan fingerprint density at radius 1 is 1.33 bits per heavy atom. The van der Waals surface area contributed by atoms with E-state index in [1.165, 1.54) is 12.3 Å². The van der Waals surface area contributed by atoms with Gasteiger partial charge in [0.2, 0.25) is 10.0 Å². The fourth-order valence-electron chi connectivity index (χ4n) is 2.01. The molecule has 0 aliphatic rings. The summed E-state index contributed by atoms with van der Waals surface area (Å²) < 4.78 is 27.5. The molecule has 5 nitrogen and oxygen atoms in total. The second-order valence-corrected chi connectivity index (χ2v) is 8.13. The Hall–Kier alpha value is -0.400. The van der Waals surface area contributed by atoms with Gasteiger partial charge in [0, 0.05) is 18.8 Å². The lowest BCUT2D eigenvalue weighted by Crippen LogP contribution is -2.42. The van der Waals surface area contributed by atoms with Gasteiger partial charge >= 0.3 is 0 Å². The summed E-state index contributed by atoms with van der Waals surface area (Å²) in [5.41, 5.74) is 0. The molecule has 1 atom stereocenters. The second-order valence-electron chi connectivity index (χ2n) is 5.65. The van der Waals surface area contributed by atoms with Gasteiger partial charge < -0.3 is 4.90 Å². The van der Waals surface area contributed by atoms with E-state index >= 15 is 0 Å². The zero-order valence-corrected chi connectivity index (χ0v) is 14.9. The zero-order valence-electron chi connectivity index (χ0n) is 12.6. The van der Waals surface area contributed by atoms with Crippen molar-refractivity contribution in [3.05, 3.63) is 22.4 Å². The first-order valence-corrected chi connectivity index (χ1v) is 8.84. The molecule has 0 saturated carbocycles. The number of likely N-dealkylation sites (N-methyl/N-ethyl adjacent to an activating group) is 1. The van der Waals surface area contributed by atoms with Crippen molar-refractivity contribution in [3.63, 3.8) is 0 Å². The van der Waals surface area contributed by atoms with E-state index < -0.39 is 10.0 Å². The smallest absolute Gasteiger partial charge is 0.242 e. The fourth-order valence-corrected chi connectivity index (χ4v) is 3.55. The lowest BCUT2D eigenvalue weighted by atomic mass is 10.0. The molecule has 0 amide bonds. The zero-order chi connectivity index (χ0) is 16.2. The van der Waals surface area contributed by atoms with Gasteiger partial charge in [-0.25, -0.2) is 18.1 Å². The van der Waals surface area contributed by atoms with E-state index in [1.54, 1.807) is 0 Å². The van der Waals surface area contributed by atoms with Crippen LogP contribution < -0.4 is 4.72 Å². The quantitative estimate of drug-likeness (QED) is 0.765. The minimum atomic E-state index is -3.67. The molecule has 0 spiro atoms. The van der Waals surface area contributed by atoms with E-state index in [0.717, 1.165) is 6.42 Å². The first-order valence-electron chi connectivity index (χ1n) is 6.60. The summed E-state index contributed by atoms with van der Waals surface area (Å²) in [7, 11) is 0.138. The minimum absolute atomic E-state index is 0.0180. The third kappa shape index (κ3) is 6.08. The van der Waals surface area contributed by atoms with Gasteiger partial charge in [-0.05, 0) is 32.5 Å². The number of rotatable bonds is 7. The van der Waals surface area contributed by atoms with E-state index in [2.05, 4.69) is 23.6 Å². The van der Waals surface area contributed by atoms with E-state index in [0.29, 0.717) is 12.5 Å². The van der Waals surface area contributed by atoms with Gasteiger partial charge in [0.05, 0.1) is 5.02 Å². The van der Waals surface area contributed by atoms with Gasteiger partial charge in [-0.1, -0.05) is 37.0 Å². The fraction of sp³-hybridized carbons (Fsp3) is 0.615. The summed E-state index contributed by atoms with van der Waals surface area (Å²) in [5.74, 6) is 0.379. The molecule has 1 N–H and O–H groups in total. The summed E-state index contributed by atoms with van der Waals surface area (Å²) >= 11 is 11.5. The summed E-state index contributed by atoms with van der Waals surface area (Å²) in [5, 5.41) is 0.204. The number of sulfonamides is 1. The van der Waals surface area contributed by atoms with Crippen molar-refractivity contribution in [1.29, 1.82) is 0 Å². The van der Waals surface area contributed by atoms with E-state index in [1.807, 2.05) is 19.0 Å². The van der Waals surface area contributed by atoms with Crippen molar-refractivity contribution in [2.75, 3.05) is 20.6 Å². The number of nitrogens with zero attached hydrogens (tertiary/aromatic N) is 2. The van der Waals surface area contributed by atoms with Crippen LogP contribution in [-0.2, 0) is 10.0 Å². The lowest BCUT2D eigenvalue weighted by Gasteiger charge is -2.23. The highest BCUT2D eigenvalue weighted by molar-refractivity contribution is 7.89. The molecule has 0 aliphatic heterocycles. The third-order valence-electron chi connectivity index (χ3n) is 2.74. The molecular formula is C13H21Cl2N3O2S. The Balaban J connectivity index is 2.96. The molecule has 0 bridgehead atoms. The lowest BCUT2D eigenvalue weighted by molar-refractivity contribution is 0.329. The molecule has 120 valence electrons. The van der Waals surface area contributed by atoms with Crippen LogP contribution in [0.3, 0.4) is 0 Å². The minimum Gasteiger partial charge on any atom is -0.308 e. The van der Waals surface area contributed by atoms with Crippen LogP contribution in [0.15, 0.2) is 17.2 Å². The average Bonchev–Trinajstić information content (AvgIpc) is 2.29. The molecule has 1 unspecified atom stereocenters. The Morgan fingerprint density at radius 3 is 2.43 bits per heavy atom. The van der Waals surface area contributed by atoms with Crippen LogP contribution in [-0.4, -0.2) is 45.0 Å². The average molecular weight is 354 g/mol. The topological polar surface area (TPSA) is 62.3 Å². The number of hydrogen-bond donors (Lipinski definition) is 1. The van der Waals surface area contributed by atoms with Crippen molar-refractivity contribution < 1.29 is 8.42 Å². The molecule has 8 heteroatoms. The van der Waals surface area contributed by atoms with Crippen LogP contribution in [0.2, 0.25) is 10.2 Å². The van der Waals surface area contributed by atoms with Crippen molar-refractivity contribution in [3.8, 4) is 0 Å². The highest BCUT2D eigenvalue weighted by Crippen LogP contribution is 2.22. The summed E-state index contributed by atoms with van der Waals surface area (Å²) in [6.07, 6.45) is 1.95. The van der Waals surface area contributed by atoms with Gasteiger partial charge in [0.25, 0.3) is 0 Å². The van der Waals surface area contributed by atoms with Gasteiger partial charge in [-0.3, -0.25) is 0 Å². The largest absolute Gasteiger partial charge is 0.308 e. The highest BCUT2D eigenvalue weighted by Gasteiger charge is 2.22.